The van der Waals surface area contributed by atoms with E-state index in [-0.39, 0.29) is 11.6 Å². The van der Waals surface area contributed by atoms with E-state index in [1.165, 1.54) is 24.0 Å². The number of aromatic nitrogens is 3. The summed E-state index contributed by atoms with van der Waals surface area (Å²) in [6, 6.07) is 12.5. The van der Waals surface area contributed by atoms with Crippen LogP contribution in [0.2, 0.25) is 0 Å². The minimum atomic E-state index is -0.472. The predicted octanol–water partition coefficient (Wildman–Crippen LogP) is 3.78. The minimum absolute atomic E-state index is 0.0475. The molecule has 4 heterocycles. The minimum Gasteiger partial charge on any atom is -0.451 e. The highest BCUT2D eigenvalue weighted by Gasteiger charge is 2.28. The van der Waals surface area contributed by atoms with Crippen LogP contribution in [0.25, 0.3) is 11.0 Å². The molecule has 1 amide bonds. The first kappa shape index (κ1) is 21.8. The summed E-state index contributed by atoms with van der Waals surface area (Å²) in [6.45, 7) is 2.11. The molecule has 34 heavy (non-hydrogen) atoms. The molecular formula is C23H20N6O4S. The summed E-state index contributed by atoms with van der Waals surface area (Å²) in [6.07, 6.45) is 4.63. The molecule has 0 bridgehead atoms. The molecule has 1 aliphatic heterocycles. The predicted molar refractivity (Wildman–Crippen MR) is 127 cm³/mol. The summed E-state index contributed by atoms with van der Waals surface area (Å²) in [5.41, 5.74) is 1.45. The average molecular weight is 477 g/mol. The molecule has 0 spiro atoms. The molecular weight excluding hydrogens is 456 g/mol. The lowest BCUT2D eigenvalue weighted by atomic mass is 10.1. The molecule has 5 rings (SSSR count). The van der Waals surface area contributed by atoms with Crippen molar-refractivity contribution < 1.29 is 14.1 Å². The highest BCUT2D eigenvalue weighted by Crippen LogP contribution is 2.32. The number of benzene rings is 1. The van der Waals surface area contributed by atoms with E-state index in [4.69, 9.17) is 4.42 Å². The van der Waals surface area contributed by atoms with E-state index in [1.54, 1.807) is 29.4 Å². The van der Waals surface area contributed by atoms with E-state index in [9.17, 15) is 14.9 Å². The Bertz CT molecular complexity index is 1320. The van der Waals surface area contributed by atoms with Crippen LogP contribution >= 0.6 is 11.8 Å². The Morgan fingerprint density at radius 2 is 1.79 bits per heavy atom. The summed E-state index contributed by atoms with van der Waals surface area (Å²) in [4.78, 5) is 40.3. The number of anilines is 1. The number of amides is 1. The summed E-state index contributed by atoms with van der Waals surface area (Å²) < 4.78 is 6.01. The van der Waals surface area contributed by atoms with Gasteiger partial charge >= 0.3 is 0 Å². The van der Waals surface area contributed by atoms with Gasteiger partial charge in [-0.2, -0.15) is 0 Å². The van der Waals surface area contributed by atoms with E-state index >= 15 is 0 Å². The second kappa shape index (κ2) is 9.48. The van der Waals surface area contributed by atoms with Gasteiger partial charge in [-0.25, -0.2) is 15.0 Å². The zero-order chi connectivity index (χ0) is 23.5. The average Bonchev–Trinajstić information content (AvgIpc) is 3.26. The van der Waals surface area contributed by atoms with Crippen LogP contribution in [0.1, 0.15) is 16.1 Å². The number of para-hydroxylation sites is 1. The van der Waals surface area contributed by atoms with Gasteiger partial charge in [0.05, 0.1) is 4.92 Å². The third-order valence-corrected chi connectivity index (χ3v) is 6.52. The summed E-state index contributed by atoms with van der Waals surface area (Å²) in [7, 11) is 0. The molecule has 1 fully saturated rings. The van der Waals surface area contributed by atoms with E-state index in [2.05, 4.69) is 15.0 Å². The molecule has 11 heteroatoms. The van der Waals surface area contributed by atoms with Crippen LogP contribution in [0, 0.1) is 10.1 Å². The van der Waals surface area contributed by atoms with Crippen LogP contribution in [0.15, 0.2) is 70.6 Å². The SMILES string of the molecule is O=C(c1oc2ccccc2c1CSc1ncccn1)N1CCN(c2ccc([N+](=O)[O-])cn2)CC1. The van der Waals surface area contributed by atoms with Gasteiger partial charge in [0.2, 0.25) is 0 Å². The maximum atomic E-state index is 13.4. The van der Waals surface area contributed by atoms with Crippen LogP contribution in [0.5, 0.6) is 0 Å². The zero-order valence-electron chi connectivity index (χ0n) is 18.0. The Morgan fingerprint density at radius 1 is 1.03 bits per heavy atom. The van der Waals surface area contributed by atoms with E-state index in [1.807, 2.05) is 29.2 Å². The van der Waals surface area contributed by atoms with Crippen LogP contribution in [0.4, 0.5) is 11.5 Å². The molecule has 1 aliphatic rings. The lowest BCUT2D eigenvalue weighted by molar-refractivity contribution is -0.385. The Balaban J connectivity index is 1.32. The van der Waals surface area contributed by atoms with Crippen molar-refractivity contribution in [1.82, 2.24) is 19.9 Å². The number of carbonyl (C=O) groups excluding carboxylic acids is 1. The quantitative estimate of drug-likeness (QED) is 0.177. The van der Waals surface area contributed by atoms with Crippen molar-refractivity contribution in [3.05, 3.63) is 82.5 Å². The van der Waals surface area contributed by atoms with Gasteiger partial charge in [-0.3, -0.25) is 14.9 Å². The number of furan rings is 1. The van der Waals surface area contributed by atoms with Crippen molar-refractivity contribution in [2.75, 3.05) is 31.1 Å². The smallest absolute Gasteiger partial charge is 0.290 e. The third kappa shape index (κ3) is 4.42. The second-order valence-electron chi connectivity index (χ2n) is 7.64. The van der Waals surface area contributed by atoms with E-state index in [0.717, 1.165) is 10.9 Å². The molecule has 1 saturated heterocycles. The number of carbonyl (C=O) groups is 1. The normalized spacial score (nSPS) is 13.9. The fourth-order valence-corrected chi connectivity index (χ4v) is 4.70. The molecule has 4 aromatic rings. The van der Waals surface area contributed by atoms with Crippen molar-refractivity contribution in [1.29, 1.82) is 0 Å². The summed E-state index contributed by atoms with van der Waals surface area (Å²) in [5, 5.41) is 12.4. The molecule has 0 aliphatic carbocycles. The number of rotatable bonds is 6. The fraction of sp³-hybridized carbons (Fsp3) is 0.217. The van der Waals surface area contributed by atoms with Gasteiger partial charge in [0.15, 0.2) is 10.9 Å². The zero-order valence-corrected chi connectivity index (χ0v) is 18.9. The lowest BCUT2D eigenvalue weighted by Gasteiger charge is -2.35. The van der Waals surface area contributed by atoms with Crippen molar-refractivity contribution in [2.24, 2.45) is 0 Å². The number of piperazine rings is 1. The number of hydrogen-bond donors (Lipinski definition) is 0. The maximum Gasteiger partial charge on any atom is 0.290 e. The molecule has 172 valence electrons. The fourth-order valence-electron chi connectivity index (χ4n) is 3.87. The van der Waals surface area contributed by atoms with E-state index < -0.39 is 4.92 Å². The van der Waals surface area contributed by atoms with Gasteiger partial charge in [0.1, 0.15) is 17.6 Å². The first-order valence-electron chi connectivity index (χ1n) is 10.6. The molecule has 10 nitrogen and oxygen atoms in total. The number of pyridine rings is 1. The van der Waals surface area contributed by atoms with Crippen molar-refractivity contribution >= 4 is 40.1 Å². The molecule has 0 saturated carbocycles. The topological polar surface area (TPSA) is 119 Å². The second-order valence-corrected chi connectivity index (χ2v) is 8.58. The maximum absolute atomic E-state index is 13.4. The molecule has 0 N–H and O–H groups in total. The third-order valence-electron chi connectivity index (χ3n) is 5.61. The number of fused-ring (bicyclic) bond motifs is 1. The summed E-state index contributed by atoms with van der Waals surface area (Å²) in [5.74, 6) is 1.35. The highest BCUT2D eigenvalue weighted by molar-refractivity contribution is 7.98. The highest BCUT2D eigenvalue weighted by atomic mass is 32.2. The molecule has 3 aromatic heterocycles. The van der Waals surface area contributed by atoms with Crippen LogP contribution in [0.3, 0.4) is 0 Å². The first-order valence-corrected chi connectivity index (χ1v) is 11.6. The van der Waals surface area contributed by atoms with Crippen molar-refractivity contribution in [3.63, 3.8) is 0 Å². The Kier molecular flexibility index (Phi) is 6.09. The molecule has 0 atom stereocenters. The first-order chi connectivity index (χ1) is 16.6. The number of nitro groups is 1. The Morgan fingerprint density at radius 3 is 2.50 bits per heavy atom. The van der Waals surface area contributed by atoms with Gasteiger partial charge in [0, 0.05) is 61.3 Å². The molecule has 0 unspecified atom stereocenters. The largest absolute Gasteiger partial charge is 0.451 e. The van der Waals surface area contributed by atoms with Gasteiger partial charge in [0.25, 0.3) is 11.6 Å². The Labute approximate surface area is 198 Å². The van der Waals surface area contributed by atoms with Crippen LogP contribution in [-0.4, -0.2) is 56.9 Å². The van der Waals surface area contributed by atoms with Crippen LogP contribution < -0.4 is 4.90 Å². The van der Waals surface area contributed by atoms with Crippen LogP contribution in [-0.2, 0) is 5.75 Å². The van der Waals surface area contributed by atoms with Crippen molar-refractivity contribution in [3.8, 4) is 0 Å². The van der Waals surface area contributed by atoms with Crippen molar-refractivity contribution in [2.45, 2.75) is 10.9 Å². The summed E-state index contributed by atoms with van der Waals surface area (Å²) >= 11 is 1.45. The standard InChI is InChI=1S/C23H20N6O4S/c30-22(28-12-10-27(11-13-28)20-7-6-16(14-26-20)29(31)32)21-18(15-34-23-24-8-3-9-25-23)17-4-1-2-5-19(17)33-21/h1-9,14H,10-13,15H2. The monoisotopic (exact) mass is 476 g/mol. The number of hydrogen-bond acceptors (Lipinski definition) is 9. The number of thioether (sulfide) groups is 1. The Hall–Kier alpha value is -3.99. The van der Waals surface area contributed by atoms with Gasteiger partial charge in [-0.15, -0.1) is 0 Å². The van der Waals surface area contributed by atoms with E-state index in [0.29, 0.717) is 54.2 Å². The van der Waals surface area contributed by atoms with Gasteiger partial charge in [-0.1, -0.05) is 30.0 Å². The van der Waals surface area contributed by atoms with Gasteiger partial charge in [-0.05, 0) is 18.2 Å². The lowest BCUT2D eigenvalue weighted by Crippen LogP contribution is -2.49. The molecule has 1 aromatic carbocycles. The molecule has 0 radical (unpaired) electrons. The number of nitrogens with zero attached hydrogens (tertiary/aromatic N) is 6. The van der Waals surface area contributed by atoms with Gasteiger partial charge < -0.3 is 14.2 Å².